The predicted molar refractivity (Wildman–Crippen MR) is 109 cm³/mol. The maximum Gasteiger partial charge on any atom is 0.0659 e. The first kappa shape index (κ1) is 15.7. The SMILES string of the molecule is C#C.C1=CC2=NC1=CC1=NC(=CC3=NC(=CC4=NC(=C2)C=C4)C=C3)C=C1. The summed E-state index contributed by atoms with van der Waals surface area (Å²) in [6.07, 6.45) is 31.8. The molecule has 0 atom stereocenters. The van der Waals surface area contributed by atoms with Crippen molar-refractivity contribution in [3.8, 4) is 12.8 Å². The second kappa shape index (κ2) is 6.58. The smallest absolute Gasteiger partial charge is 0.0659 e. The average molecular weight is 334 g/mol. The minimum Gasteiger partial charge on any atom is -0.249 e. The third kappa shape index (κ3) is 3.19. The van der Waals surface area contributed by atoms with Crippen molar-refractivity contribution in [1.29, 1.82) is 0 Å². The van der Waals surface area contributed by atoms with Gasteiger partial charge in [0.15, 0.2) is 0 Å². The van der Waals surface area contributed by atoms with Gasteiger partial charge in [-0.15, -0.1) is 12.8 Å². The van der Waals surface area contributed by atoms with Gasteiger partial charge in [-0.25, -0.2) is 20.0 Å². The minimum absolute atomic E-state index is 0.894. The first-order valence-electron chi connectivity index (χ1n) is 8.07. The van der Waals surface area contributed by atoms with Crippen LogP contribution in [0, 0.1) is 12.8 Å². The molecule has 0 spiro atoms. The molecule has 5 aliphatic heterocycles. The number of rotatable bonds is 0. The number of allylic oxidation sites excluding steroid dienone is 12. The Hall–Kier alpha value is -3.84. The lowest BCUT2D eigenvalue weighted by atomic mass is 10.2. The molecule has 0 unspecified atom stereocenters. The van der Waals surface area contributed by atoms with E-state index in [0.29, 0.717) is 0 Å². The van der Waals surface area contributed by atoms with E-state index >= 15 is 0 Å². The number of hydrogen-bond donors (Lipinski definition) is 0. The van der Waals surface area contributed by atoms with Gasteiger partial charge < -0.3 is 0 Å². The van der Waals surface area contributed by atoms with Crippen LogP contribution < -0.4 is 0 Å². The molecule has 0 fully saturated rings. The summed E-state index contributed by atoms with van der Waals surface area (Å²) >= 11 is 0. The summed E-state index contributed by atoms with van der Waals surface area (Å²) in [5.41, 5.74) is 7.15. The van der Waals surface area contributed by atoms with Crippen LogP contribution in [0.4, 0.5) is 0 Å². The van der Waals surface area contributed by atoms with E-state index in [0.717, 1.165) is 45.6 Å². The van der Waals surface area contributed by atoms with Crippen molar-refractivity contribution in [1.82, 2.24) is 0 Å². The number of nitrogens with zero attached hydrogens (tertiary/aromatic N) is 4. The Balaban J connectivity index is 0.000000814. The van der Waals surface area contributed by atoms with E-state index in [2.05, 4.69) is 32.8 Å². The van der Waals surface area contributed by atoms with Crippen LogP contribution in [0.3, 0.4) is 0 Å². The molecule has 0 amide bonds. The summed E-state index contributed by atoms with van der Waals surface area (Å²) in [5.74, 6) is 0. The molecular weight excluding hydrogens is 320 g/mol. The molecule has 5 heterocycles. The van der Waals surface area contributed by atoms with Crippen molar-refractivity contribution in [3.63, 3.8) is 0 Å². The Bertz CT molecular complexity index is 884. The number of fused-ring (bicyclic) bond motifs is 4. The summed E-state index contributed by atoms with van der Waals surface area (Å²) in [7, 11) is 0. The van der Waals surface area contributed by atoms with Gasteiger partial charge in [-0.05, 0) is 72.9 Å². The van der Waals surface area contributed by atoms with Crippen LogP contribution in [-0.2, 0) is 0 Å². The zero-order valence-electron chi connectivity index (χ0n) is 13.9. The zero-order valence-corrected chi connectivity index (χ0v) is 13.9. The highest BCUT2D eigenvalue weighted by atomic mass is 14.8. The molecule has 0 radical (unpaired) electrons. The van der Waals surface area contributed by atoms with E-state index in [-0.39, 0.29) is 0 Å². The van der Waals surface area contributed by atoms with Gasteiger partial charge in [0.05, 0.1) is 45.6 Å². The fourth-order valence-electron chi connectivity index (χ4n) is 2.83. The molecular formula is C22H14N4. The van der Waals surface area contributed by atoms with E-state index in [9.17, 15) is 0 Å². The molecule has 0 aromatic heterocycles. The molecule has 0 aromatic carbocycles. The Labute approximate surface area is 151 Å². The van der Waals surface area contributed by atoms with Crippen LogP contribution in [0.5, 0.6) is 0 Å². The Kier molecular flexibility index (Phi) is 3.97. The van der Waals surface area contributed by atoms with Gasteiger partial charge >= 0.3 is 0 Å². The molecule has 8 bridgehead atoms. The highest BCUT2D eigenvalue weighted by molar-refractivity contribution is 6.14. The third-order valence-corrected chi connectivity index (χ3v) is 3.92. The molecule has 4 nitrogen and oxygen atoms in total. The van der Waals surface area contributed by atoms with Gasteiger partial charge in [-0.2, -0.15) is 0 Å². The quantitative estimate of drug-likeness (QED) is 0.605. The summed E-state index contributed by atoms with van der Waals surface area (Å²) in [6.45, 7) is 0. The fraction of sp³-hybridized carbons (Fsp3) is 0. The molecule has 5 aliphatic rings. The van der Waals surface area contributed by atoms with Crippen molar-refractivity contribution < 1.29 is 0 Å². The zero-order chi connectivity index (χ0) is 17.9. The van der Waals surface area contributed by atoms with E-state index < -0.39 is 0 Å². The third-order valence-electron chi connectivity index (χ3n) is 3.92. The van der Waals surface area contributed by atoms with Gasteiger partial charge in [-0.1, -0.05) is 0 Å². The van der Waals surface area contributed by atoms with Gasteiger partial charge in [0.1, 0.15) is 0 Å². The molecule has 0 aromatic rings. The van der Waals surface area contributed by atoms with Gasteiger partial charge in [0, 0.05) is 0 Å². The van der Waals surface area contributed by atoms with Gasteiger partial charge in [-0.3, -0.25) is 0 Å². The van der Waals surface area contributed by atoms with E-state index in [1.807, 2.05) is 72.9 Å². The predicted octanol–water partition coefficient (Wildman–Crippen LogP) is 3.83. The Morgan fingerprint density at radius 2 is 0.615 bits per heavy atom. The monoisotopic (exact) mass is 334 g/mol. The molecule has 0 aliphatic carbocycles. The van der Waals surface area contributed by atoms with Crippen LogP contribution in [0.15, 0.2) is 116 Å². The second-order valence-corrected chi connectivity index (χ2v) is 5.76. The average Bonchev–Trinajstić information content (AvgIpc) is 3.42. The molecule has 0 N–H and O–H groups in total. The van der Waals surface area contributed by atoms with Crippen LogP contribution in [0.2, 0.25) is 0 Å². The first-order valence-corrected chi connectivity index (χ1v) is 8.07. The number of hydrogen-bond acceptors (Lipinski definition) is 4. The molecule has 0 saturated heterocycles. The lowest BCUT2D eigenvalue weighted by molar-refractivity contribution is 1.41. The maximum atomic E-state index is 4.59. The van der Waals surface area contributed by atoms with Crippen molar-refractivity contribution in [2.75, 3.05) is 0 Å². The lowest BCUT2D eigenvalue weighted by Crippen LogP contribution is -1.89. The van der Waals surface area contributed by atoms with E-state index in [1.165, 1.54) is 0 Å². The topological polar surface area (TPSA) is 49.4 Å². The highest BCUT2D eigenvalue weighted by Crippen LogP contribution is 2.20. The van der Waals surface area contributed by atoms with Crippen molar-refractivity contribution in [2.24, 2.45) is 20.0 Å². The van der Waals surface area contributed by atoms with Crippen molar-refractivity contribution in [3.05, 3.63) is 95.7 Å². The largest absolute Gasteiger partial charge is 0.249 e. The minimum atomic E-state index is 0.894. The van der Waals surface area contributed by atoms with Crippen LogP contribution >= 0.6 is 0 Å². The maximum absolute atomic E-state index is 4.59. The Morgan fingerprint density at radius 3 is 0.846 bits per heavy atom. The summed E-state index contributed by atoms with van der Waals surface area (Å²) in [6, 6.07) is 0. The number of aliphatic imine (C=N–C) groups is 4. The Morgan fingerprint density at radius 1 is 0.385 bits per heavy atom. The molecule has 5 rings (SSSR count). The van der Waals surface area contributed by atoms with Gasteiger partial charge in [0.2, 0.25) is 0 Å². The second-order valence-electron chi connectivity index (χ2n) is 5.76. The first-order chi connectivity index (χ1) is 12.8. The van der Waals surface area contributed by atoms with E-state index in [4.69, 9.17) is 0 Å². The molecule has 26 heavy (non-hydrogen) atoms. The van der Waals surface area contributed by atoms with Crippen LogP contribution in [0.25, 0.3) is 0 Å². The molecule has 122 valence electrons. The molecule has 0 saturated carbocycles. The normalized spacial score (nSPS) is 21.0. The van der Waals surface area contributed by atoms with Crippen molar-refractivity contribution in [2.45, 2.75) is 0 Å². The summed E-state index contributed by atoms with van der Waals surface area (Å²) in [4.78, 5) is 18.4. The number of terminal acetylenes is 1. The summed E-state index contributed by atoms with van der Waals surface area (Å²) in [5, 5.41) is 0. The lowest BCUT2D eigenvalue weighted by Gasteiger charge is -1.94. The highest BCUT2D eigenvalue weighted by Gasteiger charge is 2.11. The van der Waals surface area contributed by atoms with Gasteiger partial charge in [0.25, 0.3) is 0 Å². The van der Waals surface area contributed by atoms with Crippen molar-refractivity contribution >= 4 is 22.8 Å². The standard InChI is InChI=1S/C20H12N4.C2H2/c1-2-14-10-16-5-6-18(23-16)12-20-8-7-19(24-20)11-17-4-3-15(22-17)9-13(1)21-14;1-2/h1-12H;1-2H. The summed E-state index contributed by atoms with van der Waals surface area (Å²) < 4.78 is 0. The fourth-order valence-corrected chi connectivity index (χ4v) is 2.83. The van der Waals surface area contributed by atoms with Crippen LogP contribution in [-0.4, -0.2) is 22.8 Å². The molecule has 4 heteroatoms. The van der Waals surface area contributed by atoms with E-state index in [1.54, 1.807) is 0 Å². The van der Waals surface area contributed by atoms with Crippen LogP contribution in [0.1, 0.15) is 0 Å².